The monoisotopic (exact) mass is 655 g/mol. The molecule has 0 aliphatic heterocycles. The number of aromatic hydroxyl groups is 2. The van der Waals surface area contributed by atoms with Crippen LogP contribution in [0.1, 0.15) is 144 Å². The first-order valence-corrected chi connectivity index (χ1v) is 17.6. The molecule has 5 N–H and O–H groups in total. The van der Waals surface area contributed by atoms with Crippen LogP contribution in [0.15, 0.2) is 24.3 Å². The van der Waals surface area contributed by atoms with Gasteiger partial charge in [0.25, 0.3) is 0 Å². The Hall–Kier alpha value is -1.79. The first-order chi connectivity index (χ1) is 19.2. The molecule has 0 saturated carbocycles. The average Bonchev–Trinajstić information content (AvgIpc) is 2.74. The molecule has 0 aliphatic carbocycles. The van der Waals surface area contributed by atoms with E-state index in [2.05, 4.69) is 0 Å². The molecule has 10 heteroatoms. The molecule has 0 aromatic heterocycles. The molecule has 0 aliphatic rings. The molecule has 0 spiro atoms. The third kappa shape index (κ3) is 9.61. The topological polar surface area (TPSA) is 145 Å². The van der Waals surface area contributed by atoms with E-state index in [9.17, 15) is 29.1 Å². The van der Waals surface area contributed by atoms with Gasteiger partial charge in [-0.3, -0.25) is 4.57 Å². The van der Waals surface area contributed by atoms with Gasteiger partial charge >= 0.3 is 15.9 Å². The molecule has 0 bridgehead atoms. The molecule has 2 aromatic rings. The van der Waals surface area contributed by atoms with Crippen LogP contribution in [-0.2, 0) is 46.1 Å². The predicted octanol–water partition coefficient (Wildman–Crippen LogP) is 9.29. The van der Waals surface area contributed by atoms with E-state index in [1.165, 1.54) is 0 Å². The van der Waals surface area contributed by atoms with Gasteiger partial charge < -0.3 is 20.0 Å². The Bertz CT molecular complexity index is 1410. The van der Waals surface area contributed by atoms with Gasteiger partial charge in [-0.2, -0.15) is 0 Å². The second kappa shape index (κ2) is 12.8. The van der Waals surface area contributed by atoms with E-state index >= 15 is 0 Å². The van der Waals surface area contributed by atoms with Crippen molar-refractivity contribution < 1.29 is 38.5 Å². The summed E-state index contributed by atoms with van der Waals surface area (Å²) >= 11 is 0. The fraction of sp³-hybridized carbons (Fsp3) is 0.647. The molecule has 1 unspecified atom stereocenters. The third-order valence-electron chi connectivity index (χ3n) is 7.85. The highest BCUT2D eigenvalue weighted by molar-refractivity contribution is 7.53. The summed E-state index contributed by atoms with van der Waals surface area (Å²) in [6.07, 6.45) is 0. The number of rotatable bonds is 5. The van der Waals surface area contributed by atoms with E-state index in [1.54, 1.807) is 45.9 Å². The van der Waals surface area contributed by atoms with Crippen molar-refractivity contribution in [1.82, 2.24) is 0 Å². The number of hydrogen-bond acceptors (Lipinski definition) is 5. The van der Waals surface area contributed by atoms with E-state index in [4.69, 9.17) is 9.42 Å². The van der Waals surface area contributed by atoms with Crippen LogP contribution in [0.4, 0.5) is 0 Å². The Kier molecular flexibility index (Phi) is 11.7. The molecular weight excluding hydrogens is 598 g/mol. The maximum Gasteiger partial charge on any atom is 0.695 e. The first kappa shape index (κ1) is 40.2. The van der Waals surface area contributed by atoms with Gasteiger partial charge in [0.15, 0.2) is 0 Å². The van der Waals surface area contributed by atoms with Crippen LogP contribution >= 0.6 is 15.9 Å². The van der Waals surface area contributed by atoms with Crippen molar-refractivity contribution in [3.05, 3.63) is 57.6 Å². The van der Waals surface area contributed by atoms with Crippen LogP contribution in [0, 0.1) is 0 Å². The molecule has 0 fully saturated rings. The second-order valence-corrected chi connectivity index (χ2v) is 19.6. The van der Waals surface area contributed by atoms with Crippen molar-refractivity contribution in [2.24, 2.45) is 0 Å². The molecule has 0 radical (unpaired) electrons. The summed E-state index contributed by atoms with van der Waals surface area (Å²) in [6, 6.07) is 7.07. The van der Waals surface area contributed by atoms with Crippen LogP contribution in [0.3, 0.4) is 0 Å². The third-order valence-corrected chi connectivity index (χ3v) is 10.2. The van der Waals surface area contributed by atoms with E-state index in [0.717, 1.165) is 22.3 Å². The molecule has 0 amide bonds. The lowest BCUT2D eigenvalue weighted by molar-refractivity contribution is 0.100. The van der Waals surface area contributed by atoms with Crippen LogP contribution in [0.25, 0.3) is 0 Å². The highest BCUT2D eigenvalue weighted by atomic mass is 31.2. The van der Waals surface area contributed by atoms with Crippen LogP contribution in [0.2, 0.25) is 0 Å². The summed E-state index contributed by atoms with van der Waals surface area (Å²) in [5.74, 6) is 0.410. The summed E-state index contributed by atoms with van der Waals surface area (Å²) in [7, 11) is -7.07. The fourth-order valence-electron chi connectivity index (χ4n) is 5.02. The van der Waals surface area contributed by atoms with E-state index in [1.807, 2.05) is 89.2 Å². The Morgan fingerprint density at radius 3 is 1.11 bits per heavy atom. The van der Waals surface area contributed by atoms with Gasteiger partial charge in [-0.15, -0.1) is 9.42 Å². The molecule has 250 valence electrons. The minimum atomic E-state index is -4.36. The Morgan fingerprint density at radius 2 is 0.841 bits per heavy atom. The average molecular weight is 656 g/mol. The van der Waals surface area contributed by atoms with Gasteiger partial charge in [-0.05, 0) is 101 Å². The highest BCUT2D eigenvalue weighted by Gasteiger charge is 2.43. The maximum absolute atomic E-state index is 12.0. The van der Waals surface area contributed by atoms with Crippen molar-refractivity contribution >= 4 is 15.9 Å². The molecule has 44 heavy (non-hydrogen) atoms. The summed E-state index contributed by atoms with van der Waals surface area (Å²) in [6.45, 7) is 30.6. The molecule has 1 atom stereocenters. The highest BCUT2D eigenvalue weighted by Crippen LogP contribution is 2.59. The zero-order chi connectivity index (χ0) is 35.2. The Morgan fingerprint density at radius 1 is 0.545 bits per heavy atom. The standard InChI is InChI=1S/C17H29O4P.C17H27O4P/c1-15(2,3)11-10-14(18)13(16(4,5)6)9-12(11)17(7,8)22(19,20)21;1-15(2,3)11-10-14(18)13(16(4,5)6)9-12(11)17(7,8)21-22(19)20/h9-10,18H,1-8H3,(H2,19,20,21);9-10H,1-8H3,(H-,18,19,20)/p+1. The summed E-state index contributed by atoms with van der Waals surface area (Å²) in [4.78, 5) is 28.8. The van der Waals surface area contributed by atoms with E-state index < -0.39 is 26.6 Å². The Labute approximate surface area is 266 Å². The smallest absolute Gasteiger partial charge is 0.508 e. The van der Waals surface area contributed by atoms with Gasteiger partial charge in [-0.1, -0.05) is 89.2 Å². The van der Waals surface area contributed by atoms with E-state index in [-0.39, 0.29) is 33.2 Å². The molecule has 2 rings (SSSR count). The van der Waals surface area contributed by atoms with Crippen molar-refractivity contribution in [3.8, 4) is 11.5 Å². The SMILES string of the molecule is CC(C)(C)c1cc(C(C)(C)O[P+](=O)O)c(C(C)(C)C)cc1O.CC(C)(C)c1cc(C(C)(C)P(=O)(O)O)c(C(C)(C)C)cc1O. The van der Waals surface area contributed by atoms with Crippen molar-refractivity contribution in [2.75, 3.05) is 0 Å². The Balaban J connectivity index is 0.000000440. The molecule has 0 heterocycles. The lowest BCUT2D eigenvalue weighted by Crippen LogP contribution is -2.27. The lowest BCUT2D eigenvalue weighted by Gasteiger charge is -2.35. The first-order valence-electron chi connectivity index (χ1n) is 14.8. The quantitative estimate of drug-likeness (QED) is 0.201. The number of hydrogen-bond donors (Lipinski definition) is 5. The van der Waals surface area contributed by atoms with E-state index in [0.29, 0.717) is 11.1 Å². The lowest BCUT2D eigenvalue weighted by atomic mass is 9.75. The van der Waals surface area contributed by atoms with Gasteiger partial charge in [-0.25, -0.2) is 0 Å². The molecular formula is C34H57O8P2+. The maximum atomic E-state index is 12.0. The molecule has 8 nitrogen and oxygen atoms in total. The number of phenolic OH excluding ortho intramolecular Hbond substituents is 2. The summed E-state index contributed by atoms with van der Waals surface area (Å²) < 4.78 is 28.4. The minimum absolute atomic E-state index is 0.169. The zero-order valence-electron chi connectivity index (χ0n) is 29.7. The normalized spacial score (nSPS) is 14.2. The summed E-state index contributed by atoms with van der Waals surface area (Å²) in [5.41, 5.74) is 2.49. The van der Waals surface area contributed by atoms with Gasteiger partial charge in [0.2, 0.25) is 0 Å². The van der Waals surface area contributed by atoms with Crippen LogP contribution in [-0.4, -0.2) is 24.9 Å². The zero-order valence-corrected chi connectivity index (χ0v) is 31.5. The van der Waals surface area contributed by atoms with Gasteiger partial charge in [0, 0.05) is 4.57 Å². The van der Waals surface area contributed by atoms with Gasteiger partial charge in [0.05, 0.1) is 5.16 Å². The van der Waals surface area contributed by atoms with Crippen molar-refractivity contribution in [1.29, 1.82) is 0 Å². The number of phenols is 2. The summed E-state index contributed by atoms with van der Waals surface area (Å²) in [5, 5.41) is 19.5. The predicted molar refractivity (Wildman–Crippen MR) is 180 cm³/mol. The van der Waals surface area contributed by atoms with Crippen molar-refractivity contribution in [2.45, 2.75) is 143 Å². The van der Waals surface area contributed by atoms with Crippen molar-refractivity contribution in [3.63, 3.8) is 0 Å². The minimum Gasteiger partial charge on any atom is -0.508 e. The largest absolute Gasteiger partial charge is 0.695 e. The fourth-order valence-corrected chi connectivity index (χ4v) is 6.01. The molecule has 2 aromatic carbocycles. The van der Waals surface area contributed by atoms with Crippen LogP contribution in [0.5, 0.6) is 11.5 Å². The number of benzene rings is 2. The second-order valence-electron chi connectivity index (χ2n) is 16.8. The molecule has 0 saturated heterocycles. The van der Waals surface area contributed by atoms with Gasteiger partial charge in [0.1, 0.15) is 17.1 Å². The van der Waals surface area contributed by atoms with Crippen LogP contribution < -0.4 is 0 Å².